The van der Waals surface area contributed by atoms with Crippen LogP contribution in [-0.2, 0) is 19.1 Å². The molecule has 0 saturated heterocycles. The van der Waals surface area contributed by atoms with Gasteiger partial charge in [0.25, 0.3) is 6.43 Å². The Labute approximate surface area is 188 Å². The van der Waals surface area contributed by atoms with Gasteiger partial charge in [-0.1, -0.05) is 48.5 Å². The first-order chi connectivity index (χ1) is 15.8. The van der Waals surface area contributed by atoms with Gasteiger partial charge in [0.2, 0.25) is 5.91 Å². The molecule has 1 aliphatic carbocycles. The monoisotopic (exact) mass is 462 g/mol. The fraction of sp³-hybridized carbons (Fsp3) is 0.348. The van der Waals surface area contributed by atoms with Crippen molar-refractivity contribution in [1.82, 2.24) is 10.6 Å². The second kappa shape index (κ2) is 10.9. The molecule has 0 aliphatic heterocycles. The molecule has 0 aromatic heterocycles. The van der Waals surface area contributed by atoms with Gasteiger partial charge in [-0.25, -0.2) is 18.4 Å². The molecule has 0 heterocycles. The van der Waals surface area contributed by atoms with E-state index in [1.807, 2.05) is 53.8 Å². The van der Waals surface area contributed by atoms with E-state index in [-0.39, 0.29) is 19.1 Å². The highest BCUT2D eigenvalue weighted by molar-refractivity contribution is 5.84. The normalized spacial score (nSPS) is 14.2. The number of aliphatic carboxylic acids is 1. The largest absolute Gasteiger partial charge is 0.480 e. The number of alkyl halides is 2. The first-order valence-corrected chi connectivity index (χ1v) is 10.2. The third kappa shape index (κ3) is 5.83. The number of alkyl carbamates (subject to hydrolysis) is 1. The number of hydrogen-bond donors (Lipinski definition) is 3. The summed E-state index contributed by atoms with van der Waals surface area (Å²) in [6.45, 7) is -0.406. The van der Waals surface area contributed by atoms with Crippen molar-refractivity contribution in [2.24, 2.45) is 0 Å². The van der Waals surface area contributed by atoms with Crippen LogP contribution in [0.4, 0.5) is 13.6 Å². The molecule has 8 nitrogen and oxygen atoms in total. The Morgan fingerprint density at radius 1 is 1.00 bits per heavy atom. The third-order valence-electron chi connectivity index (χ3n) is 5.32. The molecule has 0 spiro atoms. The highest BCUT2D eigenvalue weighted by Crippen LogP contribution is 2.44. The number of amides is 2. The van der Waals surface area contributed by atoms with E-state index in [2.05, 4.69) is 10.1 Å². The van der Waals surface area contributed by atoms with E-state index in [1.54, 1.807) is 0 Å². The van der Waals surface area contributed by atoms with Gasteiger partial charge in [0.15, 0.2) is 6.04 Å². The Morgan fingerprint density at radius 2 is 1.58 bits per heavy atom. The number of ether oxygens (including phenoxy) is 2. The molecule has 0 fully saturated rings. The van der Waals surface area contributed by atoms with Gasteiger partial charge in [-0.2, -0.15) is 0 Å². The van der Waals surface area contributed by atoms with Crippen molar-refractivity contribution in [2.75, 3.05) is 20.3 Å². The van der Waals surface area contributed by atoms with Crippen LogP contribution in [0.1, 0.15) is 23.5 Å². The number of carbonyl (C=O) groups excluding carboxylic acids is 2. The van der Waals surface area contributed by atoms with Crippen LogP contribution in [0.3, 0.4) is 0 Å². The highest BCUT2D eigenvalue weighted by Gasteiger charge is 2.31. The number of halogens is 2. The first-order valence-electron chi connectivity index (χ1n) is 10.2. The van der Waals surface area contributed by atoms with E-state index in [1.165, 1.54) is 7.11 Å². The Bertz CT molecular complexity index is 970. The van der Waals surface area contributed by atoms with Crippen molar-refractivity contribution >= 4 is 18.0 Å². The lowest BCUT2D eigenvalue weighted by atomic mass is 9.98. The maximum Gasteiger partial charge on any atom is 0.407 e. The summed E-state index contributed by atoms with van der Waals surface area (Å²) in [7, 11) is 1.24. The number of carboxylic acids is 1. The summed E-state index contributed by atoms with van der Waals surface area (Å²) in [5.41, 5.74) is 3.98. The van der Waals surface area contributed by atoms with Crippen molar-refractivity contribution in [3.05, 3.63) is 59.7 Å². The summed E-state index contributed by atoms with van der Waals surface area (Å²) in [6, 6.07) is 12.1. The van der Waals surface area contributed by atoms with Crippen LogP contribution in [0.5, 0.6) is 0 Å². The second-order valence-electron chi connectivity index (χ2n) is 7.53. The number of methoxy groups -OCH3 is 1. The van der Waals surface area contributed by atoms with Crippen LogP contribution in [-0.4, -0.2) is 61.9 Å². The van der Waals surface area contributed by atoms with Crippen LogP contribution in [0.15, 0.2) is 48.5 Å². The Kier molecular flexibility index (Phi) is 7.94. The van der Waals surface area contributed by atoms with Gasteiger partial charge in [0, 0.05) is 13.0 Å². The molecule has 33 heavy (non-hydrogen) atoms. The van der Waals surface area contributed by atoms with E-state index in [4.69, 9.17) is 9.84 Å². The van der Waals surface area contributed by atoms with Crippen LogP contribution >= 0.6 is 0 Å². The average Bonchev–Trinajstić information content (AvgIpc) is 3.10. The number of fused-ring (bicyclic) bond motifs is 3. The van der Waals surface area contributed by atoms with E-state index < -0.39 is 42.9 Å². The van der Waals surface area contributed by atoms with Crippen LogP contribution in [0, 0.1) is 0 Å². The maximum atomic E-state index is 13.4. The fourth-order valence-electron chi connectivity index (χ4n) is 3.79. The van der Waals surface area contributed by atoms with Gasteiger partial charge in [-0.05, 0) is 22.3 Å². The number of rotatable bonds is 10. The topological polar surface area (TPSA) is 114 Å². The minimum absolute atomic E-state index is 0.0725. The zero-order chi connectivity index (χ0) is 24.0. The molecular formula is C23H24F2N2O6. The van der Waals surface area contributed by atoms with Crippen LogP contribution < -0.4 is 10.6 Å². The summed E-state index contributed by atoms with van der Waals surface area (Å²) in [5.74, 6) is -2.59. The van der Waals surface area contributed by atoms with Crippen molar-refractivity contribution in [3.63, 3.8) is 0 Å². The minimum Gasteiger partial charge on any atom is -0.480 e. The van der Waals surface area contributed by atoms with Crippen LogP contribution in [0.25, 0.3) is 11.1 Å². The van der Waals surface area contributed by atoms with Gasteiger partial charge < -0.3 is 25.2 Å². The summed E-state index contributed by atoms with van der Waals surface area (Å²) in [4.78, 5) is 35.3. The first kappa shape index (κ1) is 24.1. The Morgan fingerprint density at radius 3 is 2.09 bits per heavy atom. The zero-order valence-electron chi connectivity index (χ0n) is 17.8. The Hall–Kier alpha value is -3.53. The molecule has 3 rings (SSSR count). The van der Waals surface area contributed by atoms with E-state index in [0.29, 0.717) is 0 Å². The number of benzene rings is 2. The van der Waals surface area contributed by atoms with Crippen molar-refractivity contribution in [2.45, 2.75) is 30.8 Å². The number of hydrogen-bond acceptors (Lipinski definition) is 5. The summed E-state index contributed by atoms with van der Waals surface area (Å²) in [5, 5.41) is 13.1. The van der Waals surface area contributed by atoms with E-state index >= 15 is 0 Å². The van der Waals surface area contributed by atoms with Gasteiger partial charge in [0.05, 0.1) is 13.0 Å². The molecule has 0 radical (unpaired) electrons. The number of carbonyl (C=O) groups is 3. The molecule has 0 saturated carbocycles. The number of nitrogens with one attached hydrogen (secondary N) is 2. The molecular weight excluding hydrogens is 438 g/mol. The molecule has 2 aromatic rings. The van der Waals surface area contributed by atoms with E-state index in [9.17, 15) is 23.2 Å². The lowest BCUT2D eigenvalue weighted by molar-refractivity contribution is -0.143. The third-order valence-corrected chi connectivity index (χ3v) is 5.32. The molecule has 2 atom stereocenters. The van der Waals surface area contributed by atoms with Gasteiger partial charge in [0.1, 0.15) is 12.6 Å². The standard InChI is InChI=1S/C23H24F2N2O6/c1-32-12-19(22(29)30)26-20(28)10-18(21(24)25)27-23(31)33-11-17-15-8-4-2-6-13(15)14-7-3-5-9-16(14)17/h2-9,17-19,21H,10-12H2,1H3,(H,26,28)(H,27,31)(H,29,30). The summed E-state index contributed by atoms with van der Waals surface area (Å²) in [6.07, 6.45) is -4.99. The molecule has 10 heteroatoms. The SMILES string of the molecule is COCC(NC(=O)CC(NC(=O)OCC1c2ccccc2-c2ccccc21)C(F)F)C(=O)O. The fourth-order valence-corrected chi connectivity index (χ4v) is 3.79. The van der Waals surface area contributed by atoms with Crippen molar-refractivity contribution in [1.29, 1.82) is 0 Å². The molecule has 176 valence electrons. The molecule has 2 unspecified atom stereocenters. The molecule has 3 N–H and O–H groups in total. The van der Waals surface area contributed by atoms with Crippen LogP contribution in [0.2, 0.25) is 0 Å². The Balaban J connectivity index is 1.60. The summed E-state index contributed by atoms with van der Waals surface area (Å²) < 4.78 is 36.7. The molecule has 0 bridgehead atoms. The predicted octanol–water partition coefficient (Wildman–Crippen LogP) is 2.76. The predicted molar refractivity (Wildman–Crippen MR) is 114 cm³/mol. The smallest absolute Gasteiger partial charge is 0.407 e. The highest BCUT2D eigenvalue weighted by atomic mass is 19.3. The van der Waals surface area contributed by atoms with Crippen molar-refractivity contribution in [3.8, 4) is 11.1 Å². The van der Waals surface area contributed by atoms with Gasteiger partial charge >= 0.3 is 12.1 Å². The van der Waals surface area contributed by atoms with Crippen molar-refractivity contribution < 1.29 is 37.7 Å². The second-order valence-corrected chi connectivity index (χ2v) is 7.53. The number of carboxylic acid groups (broad SMARTS) is 1. The molecule has 1 aliphatic rings. The van der Waals surface area contributed by atoms with Gasteiger partial charge in [-0.3, -0.25) is 4.79 Å². The average molecular weight is 462 g/mol. The maximum absolute atomic E-state index is 13.4. The molecule has 2 aromatic carbocycles. The molecule has 2 amide bonds. The van der Waals surface area contributed by atoms with E-state index in [0.717, 1.165) is 22.3 Å². The minimum atomic E-state index is -3.07. The lowest BCUT2D eigenvalue weighted by Gasteiger charge is -2.20. The quantitative estimate of drug-likeness (QED) is 0.500. The summed E-state index contributed by atoms with van der Waals surface area (Å²) >= 11 is 0. The van der Waals surface area contributed by atoms with Gasteiger partial charge in [-0.15, -0.1) is 0 Å². The zero-order valence-corrected chi connectivity index (χ0v) is 17.8. The lowest BCUT2D eigenvalue weighted by Crippen LogP contribution is -2.48.